The molecule has 10 heteroatoms. The van der Waals surface area contributed by atoms with Crippen molar-refractivity contribution in [3.8, 4) is 11.5 Å². The number of carbonyl (C=O) groups excluding carboxylic acids is 2. The smallest absolute Gasteiger partial charge is 0.244 e. The van der Waals surface area contributed by atoms with Gasteiger partial charge in [0.05, 0.1) is 11.4 Å². The minimum atomic E-state index is -3.83. The summed E-state index contributed by atoms with van der Waals surface area (Å²) in [6.45, 7) is 5.71. The van der Waals surface area contributed by atoms with Gasteiger partial charge in [-0.15, -0.1) is 0 Å². The van der Waals surface area contributed by atoms with Gasteiger partial charge < -0.3 is 19.7 Å². The van der Waals surface area contributed by atoms with E-state index in [2.05, 4.69) is 5.32 Å². The van der Waals surface area contributed by atoms with Crippen molar-refractivity contribution in [3.63, 3.8) is 0 Å². The Morgan fingerprint density at radius 3 is 2.41 bits per heavy atom. The molecular formula is C29H39N3O6S. The number of hydrogen-bond acceptors (Lipinski definition) is 6. The van der Waals surface area contributed by atoms with Gasteiger partial charge in [0, 0.05) is 18.7 Å². The van der Waals surface area contributed by atoms with Gasteiger partial charge in [-0.05, 0) is 56.9 Å². The highest BCUT2D eigenvalue weighted by Crippen LogP contribution is 2.35. The molecule has 2 aliphatic rings. The number of rotatable bonds is 10. The minimum absolute atomic E-state index is 0.0961. The van der Waals surface area contributed by atoms with E-state index in [9.17, 15) is 18.0 Å². The molecule has 0 radical (unpaired) electrons. The fraction of sp³-hybridized carbons (Fsp3) is 0.517. The SMILES string of the molecule is CCS(=O)(=O)N(CC(=O)N(Cc1ccccc1C)[C@@H](C)C(=O)NC1CCCCC1)c1ccc2c(c1)OCCO2. The zero-order valence-electron chi connectivity index (χ0n) is 23.0. The number of nitrogens with zero attached hydrogens (tertiary/aromatic N) is 2. The molecule has 9 nitrogen and oxygen atoms in total. The van der Waals surface area contributed by atoms with Crippen LogP contribution in [0.4, 0.5) is 5.69 Å². The van der Waals surface area contributed by atoms with Gasteiger partial charge >= 0.3 is 0 Å². The van der Waals surface area contributed by atoms with Crippen LogP contribution in [-0.2, 0) is 26.2 Å². The summed E-state index contributed by atoms with van der Waals surface area (Å²) in [5.41, 5.74) is 2.19. The van der Waals surface area contributed by atoms with E-state index in [1.54, 1.807) is 25.1 Å². The van der Waals surface area contributed by atoms with Gasteiger partial charge in [0.15, 0.2) is 11.5 Å². The molecule has 0 bridgehead atoms. The molecule has 1 N–H and O–H groups in total. The highest BCUT2D eigenvalue weighted by Gasteiger charge is 2.32. The fourth-order valence-electron chi connectivity index (χ4n) is 5.03. The third-order valence-electron chi connectivity index (χ3n) is 7.51. The van der Waals surface area contributed by atoms with E-state index in [1.165, 1.54) is 18.2 Å². The molecule has 0 saturated heterocycles. The Morgan fingerprint density at radius 1 is 1.03 bits per heavy atom. The van der Waals surface area contributed by atoms with Crippen molar-refractivity contribution < 1.29 is 27.5 Å². The maximum Gasteiger partial charge on any atom is 0.244 e. The number of hydrogen-bond donors (Lipinski definition) is 1. The summed E-state index contributed by atoms with van der Waals surface area (Å²) >= 11 is 0. The second-order valence-corrected chi connectivity index (χ2v) is 12.4. The Hall–Kier alpha value is -3.27. The Labute approximate surface area is 231 Å². The monoisotopic (exact) mass is 557 g/mol. The van der Waals surface area contributed by atoms with Crippen LogP contribution in [0.1, 0.15) is 57.1 Å². The van der Waals surface area contributed by atoms with Crippen LogP contribution in [-0.4, -0.2) is 62.7 Å². The normalized spacial score (nSPS) is 16.3. The van der Waals surface area contributed by atoms with Gasteiger partial charge in [0.25, 0.3) is 0 Å². The number of benzene rings is 2. The Morgan fingerprint density at radius 2 is 1.72 bits per heavy atom. The van der Waals surface area contributed by atoms with E-state index >= 15 is 0 Å². The number of fused-ring (bicyclic) bond motifs is 1. The third-order valence-corrected chi connectivity index (χ3v) is 9.26. The van der Waals surface area contributed by atoms with Crippen LogP contribution in [0.5, 0.6) is 11.5 Å². The molecule has 0 spiro atoms. The van der Waals surface area contributed by atoms with E-state index in [4.69, 9.17) is 9.47 Å². The molecule has 2 aromatic rings. The molecule has 1 saturated carbocycles. The van der Waals surface area contributed by atoms with Gasteiger partial charge in [0.1, 0.15) is 25.8 Å². The van der Waals surface area contributed by atoms with Crippen molar-refractivity contribution in [2.45, 2.75) is 71.5 Å². The van der Waals surface area contributed by atoms with Crippen molar-refractivity contribution in [2.24, 2.45) is 0 Å². The third kappa shape index (κ3) is 7.03. The number of carbonyl (C=O) groups is 2. The summed E-state index contributed by atoms with van der Waals surface area (Å²) in [7, 11) is -3.83. The maximum absolute atomic E-state index is 13.9. The van der Waals surface area contributed by atoms with Crippen LogP contribution in [0.2, 0.25) is 0 Å². The lowest BCUT2D eigenvalue weighted by Gasteiger charge is -2.33. The molecule has 212 valence electrons. The number of sulfonamides is 1. The summed E-state index contributed by atoms with van der Waals surface area (Å²) < 4.78 is 38.7. The first kappa shape index (κ1) is 28.7. The summed E-state index contributed by atoms with van der Waals surface area (Å²) in [6.07, 6.45) is 5.17. The molecule has 1 aliphatic heterocycles. The summed E-state index contributed by atoms with van der Waals surface area (Å²) in [4.78, 5) is 28.7. The number of ether oxygens (including phenoxy) is 2. The first-order chi connectivity index (χ1) is 18.7. The highest BCUT2D eigenvalue weighted by atomic mass is 32.2. The predicted octanol–water partition coefficient (Wildman–Crippen LogP) is 3.79. The summed E-state index contributed by atoms with van der Waals surface area (Å²) in [5, 5.41) is 3.12. The molecule has 2 amide bonds. The van der Waals surface area contributed by atoms with E-state index in [0.29, 0.717) is 30.4 Å². The Balaban J connectivity index is 1.62. The fourth-order valence-corrected chi connectivity index (χ4v) is 6.08. The molecule has 39 heavy (non-hydrogen) atoms. The van der Waals surface area contributed by atoms with Crippen molar-refractivity contribution >= 4 is 27.5 Å². The zero-order chi connectivity index (χ0) is 28.0. The number of amides is 2. The molecule has 1 atom stereocenters. The summed E-state index contributed by atoms with van der Waals surface area (Å²) in [5.74, 6) is 0.0768. The van der Waals surface area contributed by atoms with Crippen molar-refractivity contribution in [3.05, 3.63) is 53.6 Å². The van der Waals surface area contributed by atoms with Crippen molar-refractivity contribution in [2.75, 3.05) is 29.8 Å². The van der Waals surface area contributed by atoms with Crippen LogP contribution in [0, 0.1) is 6.92 Å². The molecule has 2 aromatic carbocycles. The van der Waals surface area contributed by atoms with Gasteiger partial charge in [0.2, 0.25) is 21.8 Å². The molecule has 0 aromatic heterocycles. The van der Waals surface area contributed by atoms with E-state index < -0.39 is 28.5 Å². The lowest BCUT2D eigenvalue weighted by atomic mass is 9.95. The minimum Gasteiger partial charge on any atom is -0.486 e. The van der Waals surface area contributed by atoms with Gasteiger partial charge in [-0.2, -0.15) is 0 Å². The van der Waals surface area contributed by atoms with Crippen molar-refractivity contribution in [1.29, 1.82) is 0 Å². The standard InChI is InChI=1S/C29H39N3O6S/c1-4-39(35,36)32(25-14-15-26-27(18-25)38-17-16-37-26)20-28(33)31(19-23-11-9-8-10-21(23)2)22(3)29(34)30-24-12-6-5-7-13-24/h8-11,14-15,18,22,24H,4-7,12-13,16-17,19-20H2,1-3H3,(H,30,34)/t22-/m0/s1. The van der Waals surface area contributed by atoms with E-state index in [1.807, 2.05) is 31.2 Å². The quantitative estimate of drug-likeness (QED) is 0.477. The van der Waals surface area contributed by atoms with Gasteiger partial charge in [-0.25, -0.2) is 8.42 Å². The largest absolute Gasteiger partial charge is 0.486 e. The van der Waals surface area contributed by atoms with Crippen LogP contribution in [0.3, 0.4) is 0 Å². The maximum atomic E-state index is 13.9. The molecule has 1 aliphatic carbocycles. The Bertz CT molecular complexity index is 1280. The van der Waals surface area contributed by atoms with E-state index in [-0.39, 0.29) is 24.2 Å². The predicted molar refractivity (Wildman–Crippen MR) is 150 cm³/mol. The van der Waals surface area contributed by atoms with E-state index in [0.717, 1.165) is 41.1 Å². The van der Waals surface area contributed by atoms with Crippen molar-refractivity contribution in [1.82, 2.24) is 10.2 Å². The lowest BCUT2D eigenvalue weighted by Crippen LogP contribution is -2.53. The Kier molecular flexibility index (Phi) is 9.37. The van der Waals surface area contributed by atoms with Crippen LogP contribution < -0.4 is 19.1 Å². The average Bonchev–Trinajstić information content (AvgIpc) is 2.95. The van der Waals surface area contributed by atoms with Crippen LogP contribution in [0.25, 0.3) is 0 Å². The molecular weight excluding hydrogens is 518 g/mol. The number of aryl methyl sites for hydroxylation is 1. The second kappa shape index (κ2) is 12.7. The first-order valence-electron chi connectivity index (χ1n) is 13.7. The average molecular weight is 558 g/mol. The molecule has 1 fully saturated rings. The van der Waals surface area contributed by atoms with Crippen LogP contribution >= 0.6 is 0 Å². The summed E-state index contributed by atoms with van der Waals surface area (Å²) in [6, 6.07) is 11.8. The molecule has 4 rings (SSSR count). The van der Waals surface area contributed by atoms with Crippen LogP contribution in [0.15, 0.2) is 42.5 Å². The topological polar surface area (TPSA) is 105 Å². The number of nitrogens with one attached hydrogen (secondary N) is 1. The van der Waals surface area contributed by atoms with Gasteiger partial charge in [-0.1, -0.05) is 43.5 Å². The highest BCUT2D eigenvalue weighted by molar-refractivity contribution is 7.92. The zero-order valence-corrected chi connectivity index (χ0v) is 23.8. The number of anilines is 1. The molecule has 1 heterocycles. The molecule has 0 unspecified atom stereocenters. The second-order valence-electron chi connectivity index (χ2n) is 10.2. The van der Waals surface area contributed by atoms with Gasteiger partial charge in [-0.3, -0.25) is 13.9 Å². The lowest BCUT2D eigenvalue weighted by molar-refractivity contribution is -0.139. The first-order valence-corrected chi connectivity index (χ1v) is 15.3.